The third-order valence-electron chi connectivity index (χ3n) is 2.65. The number of nitrogens with one attached hydrogen (secondary N) is 1. The van der Waals surface area contributed by atoms with Gasteiger partial charge in [0.2, 0.25) is 0 Å². The van der Waals surface area contributed by atoms with E-state index in [4.69, 9.17) is 5.84 Å². The fourth-order valence-corrected chi connectivity index (χ4v) is 1.70. The highest BCUT2D eigenvalue weighted by atomic mass is 15.2. The number of nitrogens with two attached hydrogens (primary N) is 1. The van der Waals surface area contributed by atoms with Crippen LogP contribution in [0.5, 0.6) is 0 Å². The van der Waals surface area contributed by atoms with Gasteiger partial charge >= 0.3 is 0 Å². The summed E-state index contributed by atoms with van der Waals surface area (Å²) in [4.78, 5) is 0. The smallest absolute Gasteiger partial charge is 0.0348 e. The van der Waals surface area contributed by atoms with E-state index in [0.29, 0.717) is 0 Å². The average Bonchev–Trinajstić information content (AvgIpc) is 2.27. The quantitative estimate of drug-likeness (QED) is 0.409. The van der Waals surface area contributed by atoms with Gasteiger partial charge in [0.1, 0.15) is 0 Å². The first kappa shape index (κ1) is 12.2. The van der Waals surface area contributed by atoms with E-state index in [1.54, 1.807) is 0 Å². The highest BCUT2D eigenvalue weighted by Crippen LogP contribution is 2.09. The van der Waals surface area contributed by atoms with Crippen LogP contribution in [0.15, 0.2) is 24.3 Å². The van der Waals surface area contributed by atoms with Crippen LogP contribution in [0.4, 0.5) is 0 Å². The predicted octanol–water partition coefficient (Wildman–Crippen LogP) is 2.77. The largest absolute Gasteiger partial charge is 0.271 e. The number of unbranched alkanes of at least 4 members (excludes halogenated alkanes) is 3. The first-order valence-corrected chi connectivity index (χ1v) is 5.88. The summed E-state index contributed by atoms with van der Waals surface area (Å²) in [6, 6.07) is 8.71. The third kappa shape index (κ3) is 4.96. The molecule has 0 heterocycles. The summed E-state index contributed by atoms with van der Waals surface area (Å²) in [6.07, 6.45) is 6.53. The van der Waals surface area contributed by atoms with Crippen molar-refractivity contribution in [2.24, 2.45) is 5.84 Å². The van der Waals surface area contributed by atoms with E-state index in [9.17, 15) is 0 Å². The first-order chi connectivity index (χ1) is 7.36. The van der Waals surface area contributed by atoms with Crippen LogP contribution in [-0.4, -0.2) is 0 Å². The second-order valence-corrected chi connectivity index (χ2v) is 4.01. The summed E-state index contributed by atoms with van der Waals surface area (Å²) < 4.78 is 0. The van der Waals surface area contributed by atoms with Crippen molar-refractivity contribution in [3.63, 3.8) is 0 Å². The van der Waals surface area contributed by atoms with Crippen LogP contribution in [0, 0.1) is 0 Å². The molecule has 0 amide bonds. The van der Waals surface area contributed by atoms with E-state index >= 15 is 0 Å². The molecule has 0 fully saturated rings. The van der Waals surface area contributed by atoms with Crippen molar-refractivity contribution in [1.29, 1.82) is 0 Å². The molecular formula is C13H22N2. The fraction of sp³-hybridized carbons (Fsp3) is 0.538. The van der Waals surface area contributed by atoms with E-state index in [1.165, 1.54) is 43.2 Å². The van der Waals surface area contributed by atoms with Crippen LogP contribution < -0.4 is 11.3 Å². The molecule has 0 aliphatic rings. The van der Waals surface area contributed by atoms with Gasteiger partial charge in [-0.05, 0) is 24.0 Å². The Balaban J connectivity index is 2.29. The van der Waals surface area contributed by atoms with Crippen LogP contribution >= 0.6 is 0 Å². The molecule has 0 aromatic heterocycles. The summed E-state index contributed by atoms with van der Waals surface area (Å²) >= 11 is 0. The summed E-state index contributed by atoms with van der Waals surface area (Å²) in [7, 11) is 0. The summed E-state index contributed by atoms with van der Waals surface area (Å²) in [5.74, 6) is 5.26. The van der Waals surface area contributed by atoms with E-state index < -0.39 is 0 Å². The highest BCUT2D eigenvalue weighted by molar-refractivity contribution is 5.22. The standard InChI is InChI=1S/C13H22N2/c1-2-3-4-5-6-12-7-9-13(10-8-12)11-15-14/h7-10,15H,2-6,11,14H2,1H3. The Labute approximate surface area is 92.8 Å². The zero-order chi connectivity index (χ0) is 10.9. The fourth-order valence-electron chi connectivity index (χ4n) is 1.70. The molecule has 1 rings (SSSR count). The van der Waals surface area contributed by atoms with Crippen molar-refractivity contribution in [1.82, 2.24) is 5.43 Å². The molecule has 0 aliphatic carbocycles. The number of hydrazine groups is 1. The second kappa shape index (κ2) is 7.43. The Kier molecular flexibility index (Phi) is 6.05. The van der Waals surface area contributed by atoms with E-state index in [2.05, 4.69) is 36.6 Å². The summed E-state index contributed by atoms with van der Waals surface area (Å²) in [5, 5.41) is 0. The number of benzene rings is 1. The van der Waals surface area contributed by atoms with Gasteiger partial charge in [0.05, 0.1) is 0 Å². The van der Waals surface area contributed by atoms with Gasteiger partial charge in [-0.2, -0.15) is 0 Å². The van der Waals surface area contributed by atoms with Crippen molar-refractivity contribution in [2.45, 2.75) is 45.6 Å². The Morgan fingerprint density at radius 1 is 1.00 bits per heavy atom. The second-order valence-electron chi connectivity index (χ2n) is 4.01. The zero-order valence-electron chi connectivity index (χ0n) is 9.63. The lowest BCUT2D eigenvalue weighted by molar-refractivity contribution is 0.666. The van der Waals surface area contributed by atoms with Crippen LogP contribution in [-0.2, 0) is 13.0 Å². The minimum absolute atomic E-state index is 0.746. The molecule has 84 valence electrons. The van der Waals surface area contributed by atoms with Gasteiger partial charge in [0.15, 0.2) is 0 Å². The monoisotopic (exact) mass is 206 g/mol. The Morgan fingerprint density at radius 3 is 2.27 bits per heavy atom. The number of hydrogen-bond donors (Lipinski definition) is 2. The Hall–Kier alpha value is -0.860. The molecular weight excluding hydrogens is 184 g/mol. The van der Waals surface area contributed by atoms with Crippen LogP contribution in [0.2, 0.25) is 0 Å². The van der Waals surface area contributed by atoms with Crippen LogP contribution in [0.3, 0.4) is 0 Å². The Bertz CT molecular complexity index is 254. The lowest BCUT2D eigenvalue weighted by atomic mass is 10.0. The van der Waals surface area contributed by atoms with Crippen LogP contribution in [0.1, 0.15) is 43.7 Å². The molecule has 2 nitrogen and oxygen atoms in total. The molecule has 0 unspecified atom stereocenters. The summed E-state index contributed by atoms with van der Waals surface area (Å²) in [5.41, 5.74) is 5.35. The van der Waals surface area contributed by atoms with Gasteiger partial charge in [0, 0.05) is 6.54 Å². The lowest BCUT2D eigenvalue weighted by Gasteiger charge is -2.03. The predicted molar refractivity (Wildman–Crippen MR) is 65.3 cm³/mol. The van der Waals surface area contributed by atoms with E-state index in [-0.39, 0.29) is 0 Å². The van der Waals surface area contributed by atoms with Crippen LogP contribution in [0.25, 0.3) is 0 Å². The average molecular weight is 206 g/mol. The molecule has 15 heavy (non-hydrogen) atoms. The maximum atomic E-state index is 5.26. The topological polar surface area (TPSA) is 38.0 Å². The number of rotatable bonds is 7. The molecule has 0 radical (unpaired) electrons. The lowest BCUT2D eigenvalue weighted by Crippen LogP contribution is -2.20. The SMILES string of the molecule is CCCCCCc1ccc(CNN)cc1. The first-order valence-electron chi connectivity index (χ1n) is 5.88. The van der Waals surface area contributed by atoms with E-state index in [1.807, 2.05) is 0 Å². The van der Waals surface area contributed by atoms with Gasteiger partial charge < -0.3 is 0 Å². The number of hydrogen-bond acceptors (Lipinski definition) is 2. The molecule has 0 spiro atoms. The van der Waals surface area contributed by atoms with Gasteiger partial charge in [0.25, 0.3) is 0 Å². The highest BCUT2D eigenvalue weighted by Gasteiger charge is 1.94. The van der Waals surface area contributed by atoms with Crippen molar-refractivity contribution in [3.05, 3.63) is 35.4 Å². The molecule has 0 atom stereocenters. The molecule has 2 heteroatoms. The molecule has 0 bridgehead atoms. The maximum absolute atomic E-state index is 5.26. The third-order valence-corrected chi connectivity index (χ3v) is 2.65. The van der Waals surface area contributed by atoms with Gasteiger partial charge in [-0.25, -0.2) is 0 Å². The molecule has 0 saturated carbocycles. The van der Waals surface area contributed by atoms with Crippen molar-refractivity contribution < 1.29 is 0 Å². The maximum Gasteiger partial charge on any atom is 0.0348 e. The Morgan fingerprint density at radius 2 is 1.67 bits per heavy atom. The van der Waals surface area contributed by atoms with Crippen molar-refractivity contribution in [2.75, 3.05) is 0 Å². The molecule has 0 saturated heterocycles. The van der Waals surface area contributed by atoms with Crippen molar-refractivity contribution in [3.8, 4) is 0 Å². The molecule has 1 aromatic rings. The normalized spacial score (nSPS) is 10.5. The molecule has 3 N–H and O–H groups in total. The minimum Gasteiger partial charge on any atom is -0.271 e. The van der Waals surface area contributed by atoms with Crippen molar-refractivity contribution >= 4 is 0 Å². The van der Waals surface area contributed by atoms with E-state index in [0.717, 1.165) is 6.54 Å². The summed E-state index contributed by atoms with van der Waals surface area (Å²) in [6.45, 7) is 2.99. The van der Waals surface area contributed by atoms with Gasteiger partial charge in [-0.15, -0.1) is 0 Å². The zero-order valence-corrected chi connectivity index (χ0v) is 9.63. The van der Waals surface area contributed by atoms with Gasteiger partial charge in [-0.1, -0.05) is 50.5 Å². The number of aryl methyl sites for hydroxylation is 1. The molecule has 1 aromatic carbocycles. The molecule has 0 aliphatic heterocycles. The van der Waals surface area contributed by atoms with Gasteiger partial charge in [-0.3, -0.25) is 11.3 Å². The minimum atomic E-state index is 0.746.